The van der Waals surface area contributed by atoms with E-state index in [2.05, 4.69) is 4.98 Å². The molecule has 0 aliphatic carbocycles. The quantitative estimate of drug-likeness (QED) is 0.305. The van der Waals surface area contributed by atoms with Gasteiger partial charge in [-0.25, -0.2) is 0 Å². The minimum atomic E-state index is -10.7. The molecular weight excluding hydrogens is 259 g/mol. The molecule has 0 aromatic heterocycles. The molecule has 1 aromatic carbocycles. The fraction of sp³-hybridized carbons (Fsp3) is 0. The Morgan fingerprint density at radius 1 is 0.938 bits per heavy atom. The van der Waals surface area contributed by atoms with Crippen LogP contribution in [0, 0.1) is 5.39 Å². The van der Waals surface area contributed by atoms with Gasteiger partial charge in [0.25, 0.3) is 0 Å². The number of nitrogens with two attached hydrogens (primary N) is 1. The van der Waals surface area contributed by atoms with Crippen molar-refractivity contribution in [2.45, 2.75) is 0 Å². The van der Waals surface area contributed by atoms with E-state index in [1.165, 1.54) is 0 Å². The van der Waals surface area contributed by atoms with Gasteiger partial charge in [0.15, 0.2) is 4.98 Å². The number of nitrogens with zero attached hydrogens (tertiary/aromatic N) is 2. The number of diazo groups is 1. The maximum Gasteiger partial charge on any atom is 0.385 e. The average Bonchev–Trinajstić information content (AvgIpc) is 2.00. The summed E-state index contributed by atoms with van der Waals surface area (Å²) in [5.74, 6) is 0. The van der Waals surface area contributed by atoms with Crippen LogP contribution in [0.1, 0.15) is 0 Å². The predicted molar refractivity (Wildman–Crippen MR) is 49.2 cm³/mol. The maximum absolute atomic E-state index is 10.7. The summed E-state index contributed by atoms with van der Waals surface area (Å²) >= 11 is 0. The van der Waals surface area contributed by atoms with E-state index in [0.29, 0.717) is 11.4 Å². The van der Waals surface area contributed by atoms with E-state index in [1.807, 2.05) is 0 Å². The Labute approximate surface area is 85.7 Å². The standard InChI is InChI=1S/C6H6N3.F6P/c7-5-1-3-6(9-8)4-2-5;1-7(2,3,4,5)6/h1-4H,7H2;/q+1;-1. The van der Waals surface area contributed by atoms with E-state index >= 15 is 0 Å². The van der Waals surface area contributed by atoms with Crippen LogP contribution < -0.4 is 5.73 Å². The zero-order valence-electron chi connectivity index (χ0n) is 7.50. The summed E-state index contributed by atoms with van der Waals surface area (Å²) in [6, 6.07) is 6.62. The predicted octanol–water partition coefficient (Wildman–Crippen LogP) is 5.14. The molecule has 1 rings (SSSR count). The van der Waals surface area contributed by atoms with Crippen LogP contribution in [-0.2, 0) is 0 Å². The molecular formula is C6H6F6N3P. The fourth-order valence-corrected chi connectivity index (χ4v) is 0.541. The number of hydrogen-bond donors (Lipinski definition) is 1. The van der Waals surface area contributed by atoms with E-state index in [9.17, 15) is 25.2 Å². The van der Waals surface area contributed by atoms with Crippen LogP contribution in [0.3, 0.4) is 0 Å². The number of nitrogen functional groups attached to an aromatic ring is 1. The van der Waals surface area contributed by atoms with Gasteiger partial charge < -0.3 is 5.73 Å². The first-order valence-electron chi connectivity index (χ1n) is 3.55. The summed E-state index contributed by atoms with van der Waals surface area (Å²) in [6.07, 6.45) is 0. The van der Waals surface area contributed by atoms with E-state index in [1.54, 1.807) is 24.3 Å². The molecule has 0 amide bonds. The molecule has 0 saturated carbocycles. The zero-order chi connectivity index (χ0) is 13.1. The zero-order valence-corrected chi connectivity index (χ0v) is 8.39. The average molecular weight is 265 g/mol. The van der Waals surface area contributed by atoms with Gasteiger partial charge in [0, 0.05) is 17.8 Å². The minimum Gasteiger partial charge on any atom is -0.399 e. The molecule has 0 heterocycles. The van der Waals surface area contributed by atoms with Gasteiger partial charge in [-0.15, -0.1) is 0 Å². The smallest absolute Gasteiger partial charge is 0.385 e. The van der Waals surface area contributed by atoms with Crippen LogP contribution in [0.25, 0.3) is 4.98 Å². The minimum absolute atomic E-state index is 0.518. The van der Waals surface area contributed by atoms with Crippen molar-refractivity contribution >= 4 is 19.2 Å². The Kier molecular flexibility index (Phi) is 3.15. The Balaban J connectivity index is 0.000000293. The summed E-state index contributed by atoms with van der Waals surface area (Å²) < 4.78 is 59.2. The molecule has 0 unspecified atom stereocenters. The van der Waals surface area contributed by atoms with E-state index in [-0.39, 0.29) is 0 Å². The molecule has 0 atom stereocenters. The third-order valence-electron chi connectivity index (χ3n) is 1.01. The Morgan fingerprint density at radius 2 is 1.25 bits per heavy atom. The summed E-state index contributed by atoms with van der Waals surface area (Å²) in [5, 5.41) is 8.21. The van der Waals surface area contributed by atoms with Gasteiger partial charge in [-0.3, -0.25) is 0 Å². The van der Waals surface area contributed by atoms with Crippen molar-refractivity contribution < 1.29 is 25.2 Å². The number of benzene rings is 1. The van der Waals surface area contributed by atoms with Gasteiger partial charge in [-0.05, 0) is 12.1 Å². The van der Waals surface area contributed by atoms with Gasteiger partial charge in [0.2, 0.25) is 5.39 Å². The van der Waals surface area contributed by atoms with Crippen LogP contribution in [0.5, 0.6) is 0 Å². The van der Waals surface area contributed by atoms with Crippen LogP contribution in [0.15, 0.2) is 24.3 Å². The Morgan fingerprint density at radius 3 is 1.50 bits per heavy atom. The number of hydrogen-bond acceptors (Lipinski definition) is 2. The SMILES string of the molecule is F[P-](F)(F)(F)(F)F.N#[N+]c1ccc(N)cc1. The second kappa shape index (κ2) is 3.49. The largest absolute Gasteiger partial charge is 0.399 e. The molecule has 0 fully saturated rings. The van der Waals surface area contributed by atoms with Crippen LogP contribution >= 0.6 is 7.81 Å². The van der Waals surface area contributed by atoms with Crippen molar-refractivity contribution in [2.75, 3.05) is 5.73 Å². The first kappa shape index (κ1) is 14.5. The molecule has 0 radical (unpaired) electrons. The van der Waals surface area contributed by atoms with Gasteiger partial charge in [0.1, 0.15) is 0 Å². The molecule has 0 aliphatic rings. The van der Waals surface area contributed by atoms with Crippen molar-refractivity contribution in [1.82, 2.24) is 0 Å². The number of anilines is 1. The fourth-order valence-electron chi connectivity index (χ4n) is 0.541. The van der Waals surface area contributed by atoms with Crippen LogP contribution in [0.4, 0.5) is 36.6 Å². The van der Waals surface area contributed by atoms with Gasteiger partial charge in [-0.1, -0.05) is 0 Å². The maximum atomic E-state index is 9.87. The Hall–Kier alpha value is -1.55. The molecule has 2 N–H and O–H groups in total. The van der Waals surface area contributed by atoms with Gasteiger partial charge in [-0.2, -0.15) is 0 Å². The second-order valence-electron chi connectivity index (χ2n) is 2.65. The molecule has 0 bridgehead atoms. The summed E-state index contributed by atoms with van der Waals surface area (Å²) in [4.78, 5) is 2.96. The number of halogens is 6. The van der Waals surface area contributed by atoms with E-state index in [4.69, 9.17) is 11.1 Å². The van der Waals surface area contributed by atoms with E-state index < -0.39 is 7.81 Å². The molecule has 3 nitrogen and oxygen atoms in total. The molecule has 0 saturated heterocycles. The van der Waals surface area contributed by atoms with Gasteiger partial charge >= 0.3 is 38.7 Å². The molecule has 92 valence electrons. The van der Waals surface area contributed by atoms with Crippen molar-refractivity contribution in [3.05, 3.63) is 29.2 Å². The first-order chi connectivity index (χ1) is 6.78. The molecule has 0 spiro atoms. The molecule has 1 aromatic rings. The second-order valence-corrected chi connectivity index (χ2v) is 4.57. The first-order valence-corrected chi connectivity index (χ1v) is 5.58. The monoisotopic (exact) mass is 265 g/mol. The molecule has 10 heteroatoms. The van der Waals surface area contributed by atoms with Crippen molar-refractivity contribution in [2.24, 2.45) is 0 Å². The van der Waals surface area contributed by atoms with Gasteiger partial charge in [0.05, 0.1) is 0 Å². The van der Waals surface area contributed by atoms with Crippen LogP contribution in [-0.4, -0.2) is 0 Å². The van der Waals surface area contributed by atoms with E-state index in [0.717, 1.165) is 0 Å². The summed E-state index contributed by atoms with van der Waals surface area (Å²) in [7, 11) is -10.7. The number of rotatable bonds is 0. The summed E-state index contributed by atoms with van der Waals surface area (Å²) in [5.41, 5.74) is 6.54. The Bertz CT molecular complexity index is 390. The topological polar surface area (TPSA) is 54.2 Å². The van der Waals surface area contributed by atoms with Crippen molar-refractivity contribution in [1.29, 1.82) is 5.39 Å². The van der Waals surface area contributed by atoms with Crippen molar-refractivity contribution in [3.8, 4) is 0 Å². The third-order valence-corrected chi connectivity index (χ3v) is 1.01. The summed E-state index contributed by atoms with van der Waals surface area (Å²) in [6.45, 7) is 0. The third kappa shape index (κ3) is 14.9. The normalized spacial score (nSPS) is 14.8. The van der Waals surface area contributed by atoms with Crippen molar-refractivity contribution in [3.63, 3.8) is 0 Å². The molecule has 16 heavy (non-hydrogen) atoms. The van der Waals surface area contributed by atoms with Crippen LogP contribution in [0.2, 0.25) is 0 Å². The molecule has 0 aliphatic heterocycles.